The summed E-state index contributed by atoms with van der Waals surface area (Å²) in [5.41, 5.74) is 0.298. The molecule has 2 atom stereocenters. The van der Waals surface area contributed by atoms with E-state index in [1.807, 2.05) is 13.8 Å². The van der Waals surface area contributed by atoms with Crippen LogP contribution in [0.1, 0.15) is 59.3 Å². The molecule has 2 saturated carbocycles. The second kappa shape index (κ2) is 6.90. The molecule has 0 aliphatic heterocycles. The molecule has 4 heteroatoms. The number of ether oxygens (including phenoxy) is 1. The van der Waals surface area contributed by atoms with Crippen LogP contribution in [0.5, 0.6) is 0 Å². The van der Waals surface area contributed by atoms with Gasteiger partial charge < -0.3 is 15.4 Å². The first-order valence-corrected chi connectivity index (χ1v) is 8.23. The fraction of sp³-hybridized carbons (Fsp3) is 0.938. The number of carbonyl (C=O) groups is 1. The lowest BCUT2D eigenvalue weighted by molar-refractivity contribution is -0.151. The number of hydrogen-bond donors (Lipinski definition) is 2. The zero-order chi connectivity index (χ0) is 14.6. The molecule has 0 radical (unpaired) electrons. The van der Waals surface area contributed by atoms with Gasteiger partial charge in [-0.15, -0.1) is 0 Å². The second-order valence-corrected chi connectivity index (χ2v) is 6.63. The van der Waals surface area contributed by atoms with Crippen LogP contribution in [0, 0.1) is 5.41 Å². The van der Waals surface area contributed by atoms with Crippen LogP contribution >= 0.6 is 0 Å². The highest BCUT2D eigenvalue weighted by Gasteiger charge is 2.55. The summed E-state index contributed by atoms with van der Waals surface area (Å²) in [6, 6.07) is 0.669. The molecule has 0 heterocycles. The first-order valence-electron chi connectivity index (χ1n) is 8.23. The van der Waals surface area contributed by atoms with Gasteiger partial charge in [-0.05, 0) is 40.0 Å². The van der Waals surface area contributed by atoms with Gasteiger partial charge in [0.15, 0.2) is 0 Å². The van der Waals surface area contributed by atoms with E-state index in [2.05, 4.69) is 17.6 Å². The highest BCUT2D eigenvalue weighted by Crippen LogP contribution is 2.53. The summed E-state index contributed by atoms with van der Waals surface area (Å²) in [5, 5.41) is 6.42. The van der Waals surface area contributed by atoms with Crippen molar-refractivity contribution < 1.29 is 9.53 Å². The van der Waals surface area contributed by atoms with Crippen LogP contribution in [0.4, 0.5) is 0 Å². The van der Waals surface area contributed by atoms with E-state index >= 15 is 0 Å². The standard InChI is InChI=1S/C16H30N2O2/c1-4-20-14-10-13(16(14)8-6-5-7-9-16)17-11-15(19)18-12(2)3/h12-14,17H,4-11H2,1-3H3,(H,18,19). The zero-order valence-electron chi connectivity index (χ0n) is 13.2. The smallest absolute Gasteiger partial charge is 0.234 e. The molecular weight excluding hydrogens is 252 g/mol. The Morgan fingerprint density at radius 1 is 1.30 bits per heavy atom. The summed E-state index contributed by atoms with van der Waals surface area (Å²) in [6.07, 6.45) is 7.92. The summed E-state index contributed by atoms with van der Waals surface area (Å²) in [5.74, 6) is 0.103. The van der Waals surface area contributed by atoms with E-state index in [-0.39, 0.29) is 11.9 Å². The molecular formula is C16H30N2O2. The number of rotatable bonds is 6. The van der Waals surface area contributed by atoms with Crippen molar-refractivity contribution in [2.45, 2.75) is 77.5 Å². The minimum atomic E-state index is 0.103. The molecule has 2 aliphatic carbocycles. The summed E-state index contributed by atoms with van der Waals surface area (Å²) in [4.78, 5) is 11.8. The molecule has 20 heavy (non-hydrogen) atoms. The van der Waals surface area contributed by atoms with E-state index < -0.39 is 0 Å². The first kappa shape index (κ1) is 15.8. The van der Waals surface area contributed by atoms with Gasteiger partial charge in [0.1, 0.15) is 0 Å². The van der Waals surface area contributed by atoms with Crippen molar-refractivity contribution >= 4 is 5.91 Å². The van der Waals surface area contributed by atoms with Crippen molar-refractivity contribution in [3.8, 4) is 0 Å². The largest absolute Gasteiger partial charge is 0.378 e. The van der Waals surface area contributed by atoms with Gasteiger partial charge in [-0.3, -0.25) is 4.79 Å². The van der Waals surface area contributed by atoms with Crippen LogP contribution < -0.4 is 10.6 Å². The summed E-state index contributed by atoms with van der Waals surface area (Å²) >= 11 is 0. The molecule has 0 aromatic heterocycles. The summed E-state index contributed by atoms with van der Waals surface area (Å²) < 4.78 is 5.93. The molecule has 2 aliphatic rings. The van der Waals surface area contributed by atoms with Gasteiger partial charge in [-0.1, -0.05) is 19.3 Å². The maximum absolute atomic E-state index is 11.8. The topological polar surface area (TPSA) is 50.4 Å². The van der Waals surface area contributed by atoms with E-state index in [9.17, 15) is 4.79 Å². The third-order valence-electron chi connectivity index (χ3n) is 4.90. The zero-order valence-corrected chi connectivity index (χ0v) is 13.2. The van der Waals surface area contributed by atoms with Crippen LogP contribution in [-0.4, -0.2) is 37.2 Å². The molecule has 1 amide bonds. The van der Waals surface area contributed by atoms with Gasteiger partial charge in [0.05, 0.1) is 12.6 Å². The van der Waals surface area contributed by atoms with E-state index in [1.54, 1.807) is 0 Å². The van der Waals surface area contributed by atoms with Crippen molar-refractivity contribution in [2.24, 2.45) is 5.41 Å². The number of amides is 1. The van der Waals surface area contributed by atoms with Gasteiger partial charge >= 0.3 is 0 Å². The Bertz CT molecular complexity index is 324. The third-order valence-corrected chi connectivity index (χ3v) is 4.90. The number of nitrogens with one attached hydrogen (secondary N) is 2. The lowest BCUT2D eigenvalue weighted by Gasteiger charge is -2.58. The van der Waals surface area contributed by atoms with Crippen LogP contribution in [0.25, 0.3) is 0 Å². The molecule has 0 saturated heterocycles. The van der Waals surface area contributed by atoms with E-state index in [0.29, 0.717) is 24.1 Å². The minimum absolute atomic E-state index is 0.103. The van der Waals surface area contributed by atoms with Crippen molar-refractivity contribution in [3.63, 3.8) is 0 Å². The van der Waals surface area contributed by atoms with Crippen LogP contribution in [0.2, 0.25) is 0 Å². The Morgan fingerprint density at radius 3 is 2.60 bits per heavy atom. The van der Waals surface area contributed by atoms with Crippen molar-refractivity contribution in [2.75, 3.05) is 13.2 Å². The molecule has 0 aromatic rings. The van der Waals surface area contributed by atoms with Crippen molar-refractivity contribution in [1.29, 1.82) is 0 Å². The normalized spacial score (nSPS) is 28.4. The molecule has 2 fully saturated rings. The molecule has 1 spiro atoms. The number of hydrogen-bond acceptors (Lipinski definition) is 3. The molecule has 4 nitrogen and oxygen atoms in total. The van der Waals surface area contributed by atoms with Crippen LogP contribution in [-0.2, 0) is 9.53 Å². The third kappa shape index (κ3) is 3.34. The van der Waals surface area contributed by atoms with E-state index in [0.717, 1.165) is 13.0 Å². The summed E-state index contributed by atoms with van der Waals surface area (Å²) in [7, 11) is 0. The Hall–Kier alpha value is -0.610. The van der Waals surface area contributed by atoms with Gasteiger partial charge in [0.2, 0.25) is 5.91 Å². The number of carbonyl (C=O) groups excluding carboxylic acids is 1. The fourth-order valence-electron chi connectivity index (χ4n) is 3.94. The van der Waals surface area contributed by atoms with Gasteiger partial charge in [-0.2, -0.15) is 0 Å². The molecule has 0 bridgehead atoms. The van der Waals surface area contributed by atoms with Crippen LogP contribution in [0.15, 0.2) is 0 Å². The van der Waals surface area contributed by atoms with Gasteiger partial charge in [-0.25, -0.2) is 0 Å². The summed E-state index contributed by atoms with van der Waals surface area (Å²) in [6.45, 7) is 7.30. The molecule has 2 rings (SSSR count). The Balaban J connectivity index is 1.86. The quantitative estimate of drug-likeness (QED) is 0.785. The molecule has 2 unspecified atom stereocenters. The maximum Gasteiger partial charge on any atom is 0.234 e. The lowest BCUT2D eigenvalue weighted by atomic mass is 9.55. The average Bonchev–Trinajstić information content (AvgIpc) is 2.42. The SMILES string of the molecule is CCOC1CC(NCC(=O)NC(C)C)C12CCCCC2. The Kier molecular flexibility index (Phi) is 5.44. The maximum atomic E-state index is 11.8. The highest BCUT2D eigenvalue weighted by molar-refractivity contribution is 5.78. The predicted octanol–water partition coefficient (Wildman–Crippen LogP) is 2.23. The van der Waals surface area contributed by atoms with Gasteiger partial charge in [0, 0.05) is 24.1 Å². The first-order chi connectivity index (χ1) is 9.58. The van der Waals surface area contributed by atoms with E-state index in [1.165, 1.54) is 32.1 Å². The Morgan fingerprint density at radius 2 is 2.00 bits per heavy atom. The molecule has 2 N–H and O–H groups in total. The average molecular weight is 282 g/mol. The van der Waals surface area contributed by atoms with Gasteiger partial charge in [0.25, 0.3) is 0 Å². The van der Waals surface area contributed by atoms with Crippen molar-refractivity contribution in [3.05, 3.63) is 0 Å². The predicted molar refractivity (Wildman–Crippen MR) is 80.6 cm³/mol. The molecule has 116 valence electrons. The molecule has 0 aromatic carbocycles. The van der Waals surface area contributed by atoms with Crippen molar-refractivity contribution in [1.82, 2.24) is 10.6 Å². The lowest BCUT2D eigenvalue weighted by Crippen LogP contribution is -2.65. The minimum Gasteiger partial charge on any atom is -0.378 e. The fourth-order valence-corrected chi connectivity index (χ4v) is 3.94. The monoisotopic (exact) mass is 282 g/mol. The Labute approximate surface area is 123 Å². The second-order valence-electron chi connectivity index (χ2n) is 6.63. The van der Waals surface area contributed by atoms with Crippen LogP contribution in [0.3, 0.4) is 0 Å². The van der Waals surface area contributed by atoms with E-state index in [4.69, 9.17) is 4.74 Å². The highest BCUT2D eigenvalue weighted by atomic mass is 16.5.